The fourth-order valence-corrected chi connectivity index (χ4v) is 2.81. The van der Waals surface area contributed by atoms with Crippen LogP contribution in [0.5, 0.6) is 11.5 Å². The van der Waals surface area contributed by atoms with Crippen molar-refractivity contribution in [1.29, 1.82) is 0 Å². The quantitative estimate of drug-likeness (QED) is 0.850. The Morgan fingerprint density at radius 2 is 2.33 bits per heavy atom. The number of carbonyl (C=O) groups excluding carboxylic acids is 1. The van der Waals surface area contributed by atoms with Crippen LogP contribution in [0.25, 0.3) is 0 Å². The zero-order chi connectivity index (χ0) is 15.2. The Balaban J connectivity index is 2.07. The fourth-order valence-electron chi connectivity index (χ4n) is 2.25. The number of rotatable bonds is 6. The summed E-state index contributed by atoms with van der Waals surface area (Å²) in [5, 5.41) is 2.89. The maximum absolute atomic E-state index is 12.2. The predicted molar refractivity (Wildman–Crippen MR) is 83.2 cm³/mol. The molecule has 1 N–H and O–H groups in total. The van der Waals surface area contributed by atoms with Crippen molar-refractivity contribution in [3.05, 3.63) is 22.2 Å². The molecule has 1 fully saturated rings. The van der Waals surface area contributed by atoms with Crippen LogP contribution in [0, 0.1) is 0 Å². The Morgan fingerprint density at radius 1 is 1.52 bits per heavy atom. The number of carbonyl (C=O) groups is 1. The smallest absolute Gasteiger partial charge is 0.251 e. The van der Waals surface area contributed by atoms with E-state index in [2.05, 4.69) is 21.2 Å². The van der Waals surface area contributed by atoms with Crippen molar-refractivity contribution >= 4 is 21.8 Å². The molecule has 0 aliphatic carbocycles. The Labute approximate surface area is 133 Å². The molecule has 0 spiro atoms. The summed E-state index contributed by atoms with van der Waals surface area (Å²) in [5.41, 5.74) is 0.528. The van der Waals surface area contributed by atoms with Gasteiger partial charge < -0.3 is 19.5 Å². The fraction of sp³-hybridized carbons (Fsp3) is 0.533. The van der Waals surface area contributed by atoms with Crippen molar-refractivity contribution < 1.29 is 19.0 Å². The van der Waals surface area contributed by atoms with Gasteiger partial charge >= 0.3 is 0 Å². The summed E-state index contributed by atoms with van der Waals surface area (Å²) in [4.78, 5) is 12.2. The molecule has 1 atom stereocenters. The highest BCUT2D eigenvalue weighted by Gasteiger charge is 2.18. The van der Waals surface area contributed by atoms with Gasteiger partial charge in [-0.2, -0.15) is 0 Å². The molecule has 21 heavy (non-hydrogen) atoms. The van der Waals surface area contributed by atoms with Crippen molar-refractivity contribution in [3.63, 3.8) is 0 Å². The van der Waals surface area contributed by atoms with E-state index in [0.717, 1.165) is 19.4 Å². The van der Waals surface area contributed by atoms with Crippen LogP contribution in [0.3, 0.4) is 0 Å². The molecule has 0 bridgehead atoms. The van der Waals surface area contributed by atoms with E-state index in [1.165, 1.54) is 0 Å². The number of amides is 1. The molecule has 116 valence electrons. The van der Waals surface area contributed by atoms with E-state index in [1.807, 2.05) is 6.92 Å². The van der Waals surface area contributed by atoms with Crippen molar-refractivity contribution in [2.75, 3.05) is 26.9 Å². The molecular weight excluding hydrogens is 338 g/mol. The zero-order valence-corrected chi connectivity index (χ0v) is 13.9. The van der Waals surface area contributed by atoms with E-state index in [9.17, 15) is 4.79 Å². The van der Waals surface area contributed by atoms with Crippen LogP contribution in [0.2, 0.25) is 0 Å². The first kappa shape index (κ1) is 16.1. The van der Waals surface area contributed by atoms with Crippen LogP contribution >= 0.6 is 15.9 Å². The van der Waals surface area contributed by atoms with Gasteiger partial charge in [0.05, 0.1) is 24.3 Å². The molecule has 5 nitrogen and oxygen atoms in total. The number of benzene rings is 1. The lowest BCUT2D eigenvalue weighted by Gasteiger charge is -2.14. The van der Waals surface area contributed by atoms with Crippen molar-refractivity contribution in [1.82, 2.24) is 5.32 Å². The van der Waals surface area contributed by atoms with Crippen molar-refractivity contribution in [3.8, 4) is 11.5 Å². The third-order valence-electron chi connectivity index (χ3n) is 3.29. The molecule has 1 amide bonds. The minimum Gasteiger partial charge on any atom is -0.493 e. The lowest BCUT2D eigenvalue weighted by Crippen LogP contribution is -2.31. The summed E-state index contributed by atoms with van der Waals surface area (Å²) in [6.45, 7) is 3.74. The third-order valence-corrected chi connectivity index (χ3v) is 3.88. The number of hydrogen-bond donors (Lipinski definition) is 1. The average molecular weight is 358 g/mol. The standard InChI is InChI=1S/C15H20BrNO4/c1-3-20-14-12(16)7-10(8-13(14)19-2)15(18)17-9-11-5-4-6-21-11/h7-8,11H,3-6,9H2,1-2H3,(H,17,18)/t11-/m0/s1. The SMILES string of the molecule is CCOc1c(Br)cc(C(=O)NC[C@@H]2CCCO2)cc1OC. The second-order valence-corrected chi connectivity index (χ2v) is 5.62. The summed E-state index contributed by atoms with van der Waals surface area (Å²) in [7, 11) is 1.55. The molecule has 1 aromatic rings. The third kappa shape index (κ3) is 4.11. The number of ether oxygens (including phenoxy) is 3. The van der Waals surface area contributed by atoms with E-state index in [1.54, 1.807) is 19.2 Å². The summed E-state index contributed by atoms with van der Waals surface area (Å²) < 4.78 is 17.0. The van der Waals surface area contributed by atoms with E-state index in [0.29, 0.717) is 34.7 Å². The zero-order valence-electron chi connectivity index (χ0n) is 12.3. The molecule has 0 aromatic heterocycles. The van der Waals surface area contributed by atoms with Crippen LogP contribution in [0.4, 0.5) is 0 Å². The molecule has 2 rings (SSSR count). The first-order chi connectivity index (χ1) is 10.2. The summed E-state index contributed by atoms with van der Waals surface area (Å²) >= 11 is 3.42. The molecule has 1 aromatic carbocycles. The average Bonchev–Trinajstić information content (AvgIpc) is 3.00. The van der Waals surface area contributed by atoms with Gasteiger partial charge in [0.1, 0.15) is 0 Å². The lowest BCUT2D eigenvalue weighted by atomic mass is 10.1. The van der Waals surface area contributed by atoms with Crippen molar-refractivity contribution in [2.45, 2.75) is 25.9 Å². The van der Waals surface area contributed by atoms with Gasteiger partial charge in [-0.3, -0.25) is 4.79 Å². The van der Waals surface area contributed by atoms with Gasteiger partial charge in [-0.05, 0) is 47.8 Å². The second-order valence-electron chi connectivity index (χ2n) is 4.77. The molecule has 0 unspecified atom stereocenters. The first-order valence-corrected chi connectivity index (χ1v) is 7.85. The minimum absolute atomic E-state index is 0.127. The summed E-state index contributed by atoms with van der Waals surface area (Å²) in [6, 6.07) is 3.42. The Morgan fingerprint density at radius 3 is 2.95 bits per heavy atom. The second kappa shape index (κ2) is 7.66. The lowest BCUT2D eigenvalue weighted by molar-refractivity contribution is 0.0857. The molecule has 1 aliphatic heterocycles. The van der Waals surface area contributed by atoms with Gasteiger partial charge in [-0.15, -0.1) is 0 Å². The normalized spacial score (nSPS) is 17.6. The minimum atomic E-state index is -0.146. The summed E-state index contributed by atoms with van der Waals surface area (Å²) in [6.07, 6.45) is 2.18. The van der Waals surface area contributed by atoms with Crippen LogP contribution < -0.4 is 14.8 Å². The van der Waals surface area contributed by atoms with E-state index >= 15 is 0 Å². The topological polar surface area (TPSA) is 56.8 Å². The van der Waals surface area contributed by atoms with E-state index < -0.39 is 0 Å². The highest BCUT2D eigenvalue weighted by molar-refractivity contribution is 9.10. The van der Waals surface area contributed by atoms with Gasteiger partial charge in [-0.25, -0.2) is 0 Å². The van der Waals surface area contributed by atoms with Crippen LogP contribution in [0.1, 0.15) is 30.1 Å². The molecule has 0 radical (unpaired) electrons. The van der Waals surface area contributed by atoms with Gasteiger partial charge in [-0.1, -0.05) is 0 Å². The maximum Gasteiger partial charge on any atom is 0.251 e. The first-order valence-electron chi connectivity index (χ1n) is 7.05. The Hall–Kier alpha value is -1.27. The van der Waals surface area contributed by atoms with Crippen molar-refractivity contribution in [2.24, 2.45) is 0 Å². The number of halogens is 1. The number of hydrogen-bond acceptors (Lipinski definition) is 4. The number of methoxy groups -OCH3 is 1. The highest BCUT2D eigenvalue weighted by atomic mass is 79.9. The van der Waals surface area contributed by atoms with E-state index in [4.69, 9.17) is 14.2 Å². The van der Waals surface area contributed by atoms with Gasteiger partial charge in [0.15, 0.2) is 11.5 Å². The largest absolute Gasteiger partial charge is 0.493 e. The van der Waals surface area contributed by atoms with Crippen LogP contribution in [-0.2, 0) is 4.74 Å². The van der Waals surface area contributed by atoms with Crippen LogP contribution in [-0.4, -0.2) is 38.9 Å². The number of nitrogens with one attached hydrogen (secondary N) is 1. The maximum atomic E-state index is 12.2. The molecule has 1 saturated heterocycles. The highest BCUT2D eigenvalue weighted by Crippen LogP contribution is 2.36. The summed E-state index contributed by atoms with van der Waals surface area (Å²) in [5.74, 6) is 0.997. The van der Waals surface area contributed by atoms with E-state index in [-0.39, 0.29) is 12.0 Å². The van der Waals surface area contributed by atoms with Gasteiger partial charge in [0.2, 0.25) is 0 Å². The molecule has 1 heterocycles. The Bertz CT molecular complexity index is 501. The van der Waals surface area contributed by atoms with Gasteiger partial charge in [0, 0.05) is 18.7 Å². The van der Waals surface area contributed by atoms with Gasteiger partial charge in [0.25, 0.3) is 5.91 Å². The monoisotopic (exact) mass is 357 g/mol. The van der Waals surface area contributed by atoms with Crippen LogP contribution in [0.15, 0.2) is 16.6 Å². The predicted octanol–water partition coefficient (Wildman–Crippen LogP) is 2.77. The Kier molecular flexibility index (Phi) is 5.87. The molecule has 6 heteroatoms. The molecule has 0 saturated carbocycles. The molecular formula is C15H20BrNO4. The molecule has 1 aliphatic rings.